The molecular formula is C37H43FN6O5. The number of carbonyl (C=O) groups is 2. The largest absolute Gasteiger partial charge is 0.451 e. The molecule has 2 fully saturated rings. The van der Waals surface area contributed by atoms with Crippen molar-refractivity contribution in [3.8, 4) is 17.2 Å². The number of ether oxygens (including phenoxy) is 2. The fourth-order valence-corrected chi connectivity index (χ4v) is 6.91. The number of hydrogen-bond acceptors (Lipinski definition) is 8. The molecule has 258 valence electrons. The number of halogens is 1. The van der Waals surface area contributed by atoms with E-state index in [0.717, 1.165) is 49.9 Å². The van der Waals surface area contributed by atoms with Gasteiger partial charge in [-0.1, -0.05) is 24.3 Å². The summed E-state index contributed by atoms with van der Waals surface area (Å²) in [6, 6.07) is 12.6. The molecule has 0 saturated carbocycles. The summed E-state index contributed by atoms with van der Waals surface area (Å²) >= 11 is 0. The van der Waals surface area contributed by atoms with Gasteiger partial charge in [0.25, 0.3) is 5.91 Å². The van der Waals surface area contributed by atoms with Crippen LogP contribution in [0.2, 0.25) is 0 Å². The minimum atomic E-state index is -0.654. The standard InChI is InChI=1S/C37H43FN6O5/c1-37(2,3)49-36(47)40-25-10-13-43(21-25)35(46)27-22-44-29-18-23-8-5-6-9-24(23)19-30(29)48-34-31(28(38)20-26(32(34)44)33(27)45)39-11-7-12-42-16-14-41(4)15-17-42/h5-6,8-9,18-20,22,25,39H,7,10-17,21H2,1-4H3,(H,40,47)/t25-/m1/s1. The van der Waals surface area contributed by atoms with Crippen LogP contribution in [0.5, 0.6) is 11.5 Å². The Kier molecular flexibility index (Phi) is 8.70. The molecule has 0 radical (unpaired) electrons. The number of hydrogen-bond donors (Lipinski definition) is 2. The number of nitrogens with one attached hydrogen (secondary N) is 2. The van der Waals surface area contributed by atoms with Gasteiger partial charge in [-0.3, -0.25) is 9.59 Å². The van der Waals surface area contributed by atoms with Crippen molar-refractivity contribution in [1.82, 2.24) is 24.6 Å². The topological polar surface area (TPSA) is 108 Å². The molecule has 1 aromatic heterocycles. The number of nitrogens with zero attached hydrogens (tertiary/aromatic N) is 4. The minimum absolute atomic E-state index is 0.0581. The number of alkyl carbamates (subject to hydrolysis) is 1. The Bertz CT molecular complexity index is 2000. The number of fused-ring (bicyclic) bond motifs is 3. The predicted molar refractivity (Wildman–Crippen MR) is 188 cm³/mol. The first-order chi connectivity index (χ1) is 23.4. The number of likely N-dealkylation sites (tertiary alicyclic amines) is 1. The Morgan fingerprint density at radius 1 is 1.04 bits per heavy atom. The van der Waals surface area contributed by atoms with Crippen LogP contribution in [-0.2, 0) is 4.74 Å². The molecule has 4 aromatic rings. The molecule has 3 aliphatic rings. The zero-order chi connectivity index (χ0) is 34.4. The van der Waals surface area contributed by atoms with Crippen molar-refractivity contribution < 1.29 is 23.5 Å². The molecule has 4 heterocycles. The monoisotopic (exact) mass is 670 g/mol. The highest BCUT2D eigenvalue weighted by molar-refractivity contribution is 6.02. The number of amides is 2. The second-order valence-corrected chi connectivity index (χ2v) is 14.3. The van der Waals surface area contributed by atoms with Crippen molar-refractivity contribution in [1.29, 1.82) is 0 Å². The van der Waals surface area contributed by atoms with Gasteiger partial charge in [-0.05, 0) is 76.2 Å². The second kappa shape index (κ2) is 13.0. The van der Waals surface area contributed by atoms with E-state index in [0.29, 0.717) is 36.5 Å². The average Bonchev–Trinajstić information content (AvgIpc) is 3.52. The zero-order valence-corrected chi connectivity index (χ0v) is 28.5. The molecule has 0 unspecified atom stereocenters. The van der Waals surface area contributed by atoms with E-state index in [-0.39, 0.29) is 35.0 Å². The van der Waals surface area contributed by atoms with Crippen molar-refractivity contribution in [2.24, 2.45) is 0 Å². The lowest BCUT2D eigenvalue weighted by atomic mass is 10.0. The third-order valence-corrected chi connectivity index (χ3v) is 9.47. The normalized spacial score (nSPS) is 18.0. The van der Waals surface area contributed by atoms with E-state index in [1.54, 1.807) is 36.4 Å². The highest BCUT2D eigenvalue weighted by Gasteiger charge is 2.33. The minimum Gasteiger partial charge on any atom is -0.451 e. The summed E-state index contributed by atoms with van der Waals surface area (Å²) in [5.74, 6) is -0.395. The smallest absolute Gasteiger partial charge is 0.407 e. The lowest BCUT2D eigenvalue weighted by Gasteiger charge is -2.32. The van der Waals surface area contributed by atoms with Gasteiger partial charge in [-0.25, -0.2) is 9.18 Å². The number of aromatic nitrogens is 1. The van der Waals surface area contributed by atoms with Gasteiger partial charge in [0.05, 0.1) is 17.1 Å². The van der Waals surface area contributed by atoms with E-state index < -0.39 is 28.8 Å². The van der Waals surface area contributed by atoms with Crippen molar-refractivity contribution in [2.75, 3.05) is 64.7 Å². The molecular weight excluding hydrogens is 627 g/mol. The van der Waals surface area contributed by atoms with Crippen LogP contribution in [0.15, 0.2) is 53.5 Å². The Balaban J connectivity index is 1.22. The van der Waals surface area contributed by atoms with E-state index in [1.165, 1.54) is 6.07 Å². The van der Waals surface area contributed by atoms with Gasteiger partial charge in [0.15, 0.2) is 17.3 Å². The quantitative estimate of drug-likeness (QED) is 0.228. The third-order valence-electron chi connectivity index (χ3n) is 9.47. The van der Waals surface area contributed by atoms with Crippen LogP contribution in [0.3, 0.4) is 0 Å². The van der Waals surface area contributed by atoms with Crippen molar-refractivity contribution >= 4 is 39.4 Å². The van der Waals surface area contributed by atoms with E-state index in [1.807, 2.05) is 36.4 Å². The molecule has 3 aliphatic heterocycles. The first-order valence-corrected chi connectivity index (χ1v) is 17.0. The maximum Gasteiger partial charge on any atom is 0.407 e. The van der Waals surface area contributed by atoms with Crippen LogP contribution >= 0.6 is 0 Å². The number of likely N-dealkylation sites (N-methyl/N-ethyl adjacent to an activating group) is 1. The lowest BCUT2D eigenvalue weighted by Crippen LogP contribution is -2.44. The van der Waals surface area contributed by atoms with E-state index >= 15 is 4.39 Å². The summed E-state index contributed by atoms with van der Waals surface area (Å²) in [4.78, 5) is 46.6. The van der Waals surface area contributed by atoms with Crippen molar-refractivity contribution in [3.63, 3.8) is 0 Å². The second-order valence-electron chi connectivity index (χ2n) is 14.3. The van der Waals surface area contributed by atoms with Crippen LogP contribution in [0, 0.1) is 5.82 Å². The lowest BCUT2D eigenvalue weighted by molar-refractivity contribution is 0.0502. The SMILES string of the molecule is CN1CCN(CCCNc2c(F)cc3c(=O)c(C(=O)N4CC[C@@H](NC(=O)OC(C)(C)C)C4)cn4c3c2Oc2cc3ccccc3cc2-4)CC1. The number of carbonyl (C=O) groups excluding carboxylic acids is 2. The van der Waals surface area contributed by atoms with Crippen LogP contribution in [0.25, 0.3) is 27.4 Å². The van der Waals surface area contributed by atoms with Crippen molar-refractivity contribution in [2.45, 2.75) is 45.3 Å². The number of anilines is 1. The Hall–Kier alpha value is -4.68. The molecule has 2 N–H and O–H groups in total. The van der Waals surface area contributed by atoms with Gasteiger partial charge < -0.3 is 39.4 Å². The predicted octanol–water partition coefficient (Wildman–Crippen LogP) is 5.18. The molecule has 2 saturated heterocycles. The van der Waals surface area contributed by atoms with E-state index in [9.17, 15) is 14.4 Å². The molecule has 12 heteroatoms. The summed E-state index contributed by atoms with van der Waals surface area (Å²) < 4.78 is 29.6. The van der Waals surface area contributed by atoms with Gasteiger partial charge in [0.2, 0.25) is 5.43 Å². The summed E-state index contributed by atoms with van der Waals surface area (Å²) in [7, 11) is 2.13. The van der Waals surface area contributed by atoms with Crippen LogP contribution in [-0.4, -0.2) is 102 Å². The number of rotatable bonds is 7. The Morgan fingerprint density at radius 3 is 2.51 bits per heavy atom. The molecule has 49 heavy (non-hydrogen) atoms. The van der Waals surface area contributed by atoms with Gasteiger partial charge in [0.1, 0.15) is 22.4 Å². The van der Waals surface area contributed by atoms with Crippen LogP contribution in [0.4, 0.5) is 14.9 Å². The molecule has 0 spiro atoms. The van der Waals surface area contributed by atoms with Gasteiger partial charge >= 0.3 is 6.09 Å². The van der Waals surface area contributed by atoms with E-state index in [2.05, 4.69) is 27.5 Å². The highest BCUT2D eigenvalue weighted by atomic mass is 19.1. The summed E-state index contributed by atoms with van der Waals surface area (Å²) in [5.41, 5.74) is -0.0766. The maximum atomic E-state index is 16.0. The first kappa shape index (κ1) is 32.8. The number of pyridine rings is 1. The molecule has 3 aromatic carbocycles. The molecule has 11 nitrogen and oxygen atoms in total. The summed E-state index contributed by atoms with van der Waals surface area (Å²) in [6.45, 7) is 11.4. The summed E-state index contributed by atoms with van der Waals surface area (Å²) in [5, 5.41) is 8.04. The number of piperazine rings is 1. The van der Waals surface area contributed by atoms with Gasteiger partial charge in [0, 0.05) is 52.0 Å². The molecule has 2 amide bonds. The molecule has 7 rings (SSSR count). The summed E-state index contributed by atoms with van der Waals surface area (Å²) in [6.07, 6.45) is 2.31. The Labute approximate surface area is 284 Å². The maximum absolute atomic E-state index is 16.0. The van der Waals surface area contributed by atoms with Crippen LogP contribution < -0.4 is 20.8 Å². The zero-order valence-electron chi connectivity index (χ0n) is 28.5. The fourth-order valence-electron chi connectivity index (χ4n) is 6.91. The van der Waals surface area contributed by atoms with E-state index in [4.69, 9.17) is 9.47 Å². The third kappa shape index (κ3) is 6.67. The van der Waals surface area contributed by atoms with Crippen molar-refractivity contribution in [3.05, 3.63) is 70.3 Å². The average molecular weight is 671 g/mol. The van der Waals surface area contributed by atoms with Gasteiger partial charge in [-0.2, -0.15) is 0 Å². The van der Waals surface area contributed by atoms with Gasteiger partial charge in [-0.15, -0.1) is 0 Å². The molecule has 1 atom stereocenters. The molecule has 0 aliphatic carbocycles. The fraction of sp³-hybridized carbons (Fsp3) is 0.432. The first-order valence-electron chi connectivity index (χ1n) is 17.0. The number of benzene rings is 3. The Morgan fingerprint density at radius 2 is 1.78 bits per heavy atom. The van der Waals surface area contributed by atoms with Crippen LogP contribution in [0.1, 0.15) is 44.0 Å². The molecule has 0 bridgehead atoms. The highest BCUT2D eigenvalue weighted by Crippen LogP contribution is 2.46.